The summed E-state index contributed by atoms with van der Waals surface area (Å²) in [4.78, 5) is 114. The second kappa shape index (κ2) is 23.4. The van der Waals surface area contributed by atoms with Crippen molar-refractivity contribution in [2.75, 3.05) is 51.5 Å². The highest BCUT2D eigenvalue weighted by atomic mass is 31.3. The van der Waals surface area contributed by atoms with Crippen LogP contribution < -0.4 is 32.8 Å². The van der Waals surface area contributed by atoms with Crippen LogP contribution in [0.25, 0.3) is 22.3 Å². The van der Waals surface area contributed by atoms with Crippen LogP contribution in [-0.2, 0) is 75.8 Å². The predicted octanol–water partition coefficient (Wildman–Crippen LogP) is -3.36. The Hall–Kier alpha value is -5.11. The number of aliphatic hydroxyl groups excluding tert-OH is 3. The first-order chi connectivity index (χ1) is 37.1. The lowest BCUT2D eigenvalue weighted by Gasteiger charge is -2.28. The average Bonchev–Trinajstić information content (AvgIpc) is 4.31. The summed E-state index contributed by atoms with van der Waals surface area (Å²) in [6, 6.07) is 0.923. The Balaban J connectivity index is 0.958. The van der Waals surface area contributed by atoms with Crippen LogP contribution >= 0.6 is 31.3 Å². The van der Waals surface area contributed by atoms with E-state index in [0.29, 0.717) is 0 Å². The number of aryl methyl sites for hydroxylation is 1. The molecular weight excluding hydrogens is 1150 g/mol. The van der Waals surface area contributed by atoms with Crippen molar-refractivity contribution < 1.29 is 108 Å². The number of anilines is 2. The van der Waals surface area contributed by atoms with Gasteiger partial charge in [0.05, 0.1) is 39.3 Å². The number of methoxy groups -OCH3 is 1. The molecule has 0 bridgehead atoms. The number of aromatic amines is 2. The molecule has 5 unspecified atom stereocenters. The van der Waals surface area contributed by atoms with E-state index in [1.807, 2.05) is 4.98 Å². The highest BCUT2D eigenvalue weighted by Gasteiger charge is 2.54. The number of phosphoric ester groups is 3. The number of aromatic nitrogens is 10. The molecule has 1 amide bonds. The quantitative estimate of drug-likeness (QED) is 0.0225. The Labute approximate surface area is 441 Å². The summed E-state index contributed by atoms with van der Waals surface area (Å²) in [5, 5.41) is 33.0. The minimum Gasteiger partial charge on any atom is -0.387 e. The first-order valence-corrected chi connectivity index (χ1v) is 29.2. The molecule has 42 heteroatoms. The van der Waals surface area contributed by atoms with Gasteiger partial charge in [-0.2, -0.15) is 8.62 Å². The number of carbonyl (C=O) groups excluding carboxylic acids is 1. The van der Waals surface area contributed by atoms with E-state index in [4.69, 9.17) is 48.5 Å². The molecule has 0 aliphatic carbocycles. The van der Waals surface area contributed by atoms with Gasteiger partial charge >= 0.3 is 42.6 Å². The topological polar surface area (TPSA) is 528 Å². The van der Waals surface area contributed by atoms with Crippen molar-refractivity contribution in [2.45, 2.75) is 87.8 Å². The zero-order valence-electron chi connectivity index (χ0n) is 41.5. The number of aliphatic hydroxyl groups is 3. The second-order valence-corrected chi connectivity index (χ2v) is 23.7. The Kier molecular flexibility index (Phi) is 17.8. The molecule has 0 radical (unpaired) electrons. The monoisotopic (exact) mass is 1200 g/mol. The Morgan fingerprint density at radius 2 is 1.46 bits per heavy atom. The number of fused-ring (bicyclic) bond motifs is 2. The van der Waals surface area contributed by atoms with Crippen molar-refractivity contribution in [3.05, 3.63) is 62.4 Å². The van der Waals surface area contributed by atoms with E-state index in [1.54, 1.807) is 13.8 Å². The van der Waals surface area contributed by atoms with Crippen LogP contribution in [0.4, 0.5) is 11.8 Å². The molecule has 3 aliphatic rings. The molecule has 16 atom stereocenters. The lowest BCUT2D eigenvalue weighted by atomic mass is 9.97. The SMILES string of the molecule is CCC(=O)N(CC)C[C@H]1[C@@H](O)[C@H]([n+]2cn(C)c3c(=O)[nH]c(N)nc32)O[C@@H]1COP(=O)(O)OP(=O)(O)OP(=O)(O)OCC1O[C@@H](n2cnc3c(N)ncnc32)[C@H](OC)[C@@H]1OP(=O)(O)OC[C@H]1O[C@@H](n2ccc(=O)[nH]c2=O)[C@H](O)[C@@H]1O. The average molecular weight is 1200 g/mol. The van der Waals surface area contributed by atoms with E-state index in [1.165, 1.54) is 32.0 Å². The number of hydrogen-bond acceptors (Lipinski definition) is 27. The van der Waals surface area contributed by atoms with Crippen LogP contribution in [0.3, 0.4) is 0 Å². The van der Waals surface area contributed by atoms with Gasteiger partial charge in [0.25, 0.3) is 17.1 Å². The van der Waals surface area contributed by atoms with Gasteiger partial charge in [0, 0.05) is 44.8 Å². The molecule has 13 N–H and O–H groups in total. The fraction of sp³-hybridized carbons (Fsp3) is 0.595. The molecular formula is C37H54N13O25P4+. The predicted molar refractivity (Wildman–Crippen MR) is 258 cm³/mol. The fourth-order valence-corrected chi connectivity index (χ4v) is 13.5. The highest BCUT2D eigenvalue weighted by Crippen LogP contribution is 2.68. The van der Waals surface area contributed by atoms with Crippen LogP contribution in [0.1, 0.15) is 39.0 Å². The molecule has 0 saturated carbocycles. The van der Waals surface area contributed by atoms with Crippen molar-refractivity contribution >= 4 is 71.3 Å². The molecule has 3 aliphatic heterocycles. The van der Waals surface area contributed by atoms with Crippen molar-refractivity contribution in [1.29, 1.82) is 0 Å². The Morgan fingerprint density at radius 3 is 2.10 bits per heavy atom. The van der Waals surface area contributed by atoms with E-state index in [2.05, 4.69) is 33.5 Å². The summed E-state index contributed by atoms with van der Waals surface area (Å²) in [5.74, 6) is -1.88. The second-order valence-electron chi connectivity index (χ2n) is 17.7. The number of H-pyrrole nitrogens is 2. The van der Waals surface area contributed by atoms with Crippen LogP contribution in [-0.4, -0.2) is 178 Å². The van der Waals surface area contributed by atoms with Gasteiger partial charge in [-0.25, -0.2) is 42.6 Å². The number of hydrogen-bond donors (Lipinski definition) is 11. The Bertz CT molecular complexity index is 3450. The summed E-state index contributed by atoms with van der Waals surface area (Å²) in [7, 11) is -21.0. The number of carbonyl (C=O) groups is 1. The maximum Gasteiger partial charge on any atom is 0.490 e. The van der Waals surface area contributed by atoms with Crippen molar-refractivity contribution in [3.63, 3.8) is 0 Å². The van der Waals surface area contributed by atoms with E-state index < -0.39 is 141 Å². The zero-order chi connectivity index (χ0) is 57.7. The third kappa shape index (κ3) is 13.0. The lowest BCUT2D eigenvalue weighted by molar-refractivity contribution is -0.745. The smallest absolute Gasteiger partial charge is 0.387 e. The number of rotatable bonds is 23. The lowest BCUT2D eigenvalue weighted by Crippen LogP contribution is -2.47. The van der Waals surface area contributed by atoms with Gasteiger partial charge in [-0.05, 0) is 6.92 Å². The van der Waals surface area contributed by atoms with Crippen molar-refractivity contribution in [1.82, 2.24) is 48.5 Å². The number of imidazole rings is 2. The van der Waals surface area contributed by atoms with Gasteiger partial charge in [0.1, 0.15) is 54.6 Å². The number of nitrogens with two attached hydrogens (primary N) is 2. The minimum atomic E-state index is -6.24. The number of nitrogens with one attached hydrogen (secondary N) is 2. The first-order valence-electron chi connectivity index (χ1n) is 23.2. The minimum absolute atomic E-state index is 0.000475. The van der Waals surface area contributed by atoms with Gasteiger partial charge in [0.2, 0.25) is 17.7 Å². The van der Waals surface area contributed by atoms with Crippen molar-refractivity contribution in [3.8, 4) is 0 Å². The molecule has 0 spiro atoms. The van der Waals surface area contributed by atoms with Gasteiger partial charge in [0.15, 0.2) is 30.2 Å². The number of amides is 1. The van der Waals surface area contributed by atoms with Crippen LogP contribution in [0.2, 0.25) is 0 Å². The van der Waals surface area contributed by atoms with E-state index >= 15 is 0 Å². The maximum atomic E-state index is 13.6. The molecule has 3 saturated heterocycles. The van der Waals surface area contributed by atoms with Gasteiger partial charge in [-0.3, -0.25) is 56.1 Å². The number of nitrogen functional groups attached to an aromatic ring is 2. The molecule has 0 aromatic carbocycles. The molecule has 79 heavy (non-hydrogen) atoms. The molecule has 38 nitrogen and oxygen atoms in total. The summed E-state index contributed by atoms with van der Waals surface area (Å²) in [6.45, 7) is -0.185. The third-order valence-electron chi connectivity index (χ3n) is 12.6. The highest BCUT2D eigenvalue weighted by molar-refractivity contribution is 7.66. The molecule has 8 heterocycles. The van der Waals surface area contributed by atoms with Gasteiger partial charge < -0.3 is 70.2 Å². The largest absolute Gasteiger partial charge is 0.490 e. The summed E-state index contributed by atoms with van der Waals surface area (Å²) in [5.41, 5.74) is 9.25. The summed E-state index contributed by atoms with van der Waals surface area (Å²) in [6.07, 6.45) is -13.6. The van der Waals surface area contributed by atoms with Crippen LogP contribution in [0.15, 0.2) is 45.6 Å². The molecule has 5 aromatic heterocycles. The summed E-state index contributed by atoms with van der Waals surface area (Å²) >= 11 is 0. The molecule has 3 fully saturated rings. The molecule has 5 aromatic rings. The molecule has 8 rings (SSSR count). The Morgan fingerprint density at radius 1 is 0.810 bits per heavy atom. The maximum absolute atomic E-state index is 13.6. The van der Waals surface area contributed by atoms with E-state index in [9.17, 15) is 72.3 Å². The number of phosphoric acid groups is 4. The van der Waals surface area contributed by atoms with Crippen molar-refractivity contribution in [2.24, 2.45) is 13.0 Å². The van der Waals surface area contributed by atoms with E-state index in [-0.39, 0.29) is 59.5 Å². The number of ether oxygens (including phenoxy) is 4. The summed E-state index contributed by atoms with van der Waals surface area (Å²) < 4.78 is 110. The van der Waals surface area contributed by atoms with E-state index in [0.717, 1.165) is 36.6 Å². The standard InChI is InChI=1S/C37H53N13O25P4/c1-5-21(52)47(6-2)9-16-17(70-33(24(16)53)50-15-46(3)23-31(50)44-36(39)45-32(23)56)10-68-77(60,61)74-79(64,65)75-78(62,63)69-12-19-27(28(66-4)35(72-19)49-14-42-22-29(38)40-13-41-30(22)49)73-76(58,59)67-11-18-25(54)26(55)34(71-18)48-8-7-20(51)43-37(48)57/h7-8,13-19,24-28,33-35,53-55H,5-6,9-12H2,1-4H3,(H9-,38,39,40,41,43,44,45,51,56,57,58,59,60,61,62,63,64,65)/p+1/t16-,17-,18-,19?,24-,25-,26-,27-,28-,33-,34-,35-/m1/s1. The van der Waals surface area contributed by atoms with Gasteiger partial charge in [-0.1, -0.05) is 11.9 Å². The number of nitrogens with zero attached hydrogens (tertiary/aromatic N) is 9. The fourth-order valence-electron chi connectivity index (χ4n) is 8.99. The van der Waals surface area contributed by atoms with Crippen LogP contribution in [0, 0.1) is 5.92 Å². The molecule has 436 valence electrons. The van der Waals surface area contributed by atoms with Crippen LogP contribution in [0.5, 0.6) is 0 Å². The first kappa shape index (κ1) is 60.0. The third-order valence-corrected chi connectivity index (χ3v) is 17.8. The normalized spacial score (nSPS) is 29.4. The zero-order valence-corrected chi connectivity index (χ0v) is 45.1. The van der Waals surface area contributed by atoms with Gasteiger partial charge in [-0.15, -0.1) is 0 Å².